The predicted octanol–water partition coefficient (Wildman–Crippen LogP) is 2.26. The SMILES string of the molecule is O=C(CSc1nc2ccccc2c(=O)n1CCC[NH+]1CCCCC1)NCc1ccccc1. The fraction of sp³-hybridized carbons (Fsp3) is 0.400. The van der Waals surface area contributed by atoms with Crippen molar-refractivity contribution < 1.29 is 9.69 Å². The standard InChI is InChI=1S/C25H30N4O2S/c30-23(26-18-20-10-3-1-4-11-20)19-32-25-27-22-13-6-5-12-21(22)24(31)29(25)17-9-16-28-14-7-2-8-15-28/h1,3-6,10-13H,2,7-9,14-19H2,(H,26,30)/p+1. The maximum absolute atomic E-state index is 13.2. The zero-order valence-electron chi connectivity index (χ0n) is 18.4. The van der Waals surface area contributed by atoms with Gasteiger partial charge < -0.3 is 10.2 Å². The Hall–Kier alpha value is -2.64. The lowest BCUT2D eigenvalue weighted by molar-refractivity contribution is -0.905. The molecule has 0 radical (unpaired) electrons. The fourth-order valence-corrected chi connectivity index (χ4v) is 5.08. The Morgan fingerprint density at radius 1 is 1.03 bits per heavy atom. The summed E-state index contributed by atoms with van der Waals surface area (Å²) >= 11 is 1.34. The molecule has 2 aromatic carbocycles. The van der Waals surface area contributed by atoms with Crippen LogP contribution in [0.1, 0.15) is 31.2 Å². The summed E-state index contributed by atoms with van der Waals surface area (Å²) in [7, 11) is 0. The monoisotopic (exact) mass is 451 g/mol. The van der Waals surface area contributed by atoms with Crippen molar-refractivity contribution in [2.24, 2.45) is 0 Å². The molecule has 1 fully saturated rings. The summed E-state index contributed by atoms with van der Waals surface area (Å²) in [6.45, 7) is 4.66. The minimum Gasteiger partial charge on any atom is -0.351 e. The second-order valence-electron chi connectivity index (χ2n) is 8.33. The van der Waals surface area contributed by atoms with Crippen LogP contribution in [0.2, 0.25) is 0 Å². The van der Waals surface area contributed by atoms with Gasteiger partial charge in [-0.2, -0.15) is 0 Å². The number of carbonyl (C=O) groups excluding carboxylic acids is 1. The van der Waals surface area contributed by atoms with Gasteiger partial charge in [-0.25, -0.2) is 4.98 Å². The van der Waals surface area contributed by atoms with Crippen LogP contribution in [0.3, 0.4) is 0 Å². The largest absolute Gasteiger partial charge is 0.351 e. The second-order valence-corrected chi connectivity index (χ2v) is 9.28. The summed E-state index contributed by atoms with van der Waals surface area (Å²) in [5.41, 5.74) is 1.73. The molecule has 32 heavy (non-hydrogen) atoms. The Morgan fingerprint density at radius 2 is 1.78 bits per heavy atom. The van der Waals surface area contributed by atoms with Crippen molar-refractivity contribution in [1.82, 2.24) is 14.9 Å². The third-order valence-corrected chi connectivity index (χ3v) is 6.94. The highest BCUT2D eigenvalue weighted by molar-refractivity contribution is 7.99. The van der Waals surface area contributed by atoms with Crippen molar-refractivity contribution in [1.29, 1.82) is 0 Å². The number of nitrogens with zero attached hydrogens (tertiary/aromatic N) is 2. The highest BCUT2D eigenvalue weighted by atomic mass is 32.2. The second kappa shape index (κ2) is 11.3. The number of hydrogen-bond acceptors (Lipinski definition) is 4. The summed E-state index contributed by atoms with van der Waals surface area (Å²) < 4.78 is 1.76. The first kappa shape index (κ1) is 22.6. The van der Waals surface area contributed by atoms with E-state index in [1.54, 1.807) is 9.47 Å². The molecule has 3 aromatic rings. The number of likely N-dealkylation sites (tertiary alicyclic amines) is 1. The van der Waals surface area contributed by atoms with E-state index in [-0.39, 0.29) is 17.2 Å². The molecule has 0 aliphatic carbocycles. The fourth-order valence-electron chi connectivity index (χ4n) is 4.22. The van der Waals surface area contributed by atoms with E-state index < -0.39 is 0 Å². The molecule has 1 aliphatic rings. The van der Waals surface area contributed by atoms with Gasteiger partial charge in [-0.3, -0.25) is 14.2 Å². The number of aromatic nitrogens is 2. The van der Waals surface area contributed by atoms with E-state index in [1.165, 1.54) is 44.1 Å². The minimum absolute atomic E-state index is 0.0172. The van der Waals surface area contributed by atoms with Gasteiger partial charge in [0.15, 0.2) is 5.16 Å². The van der Waals surface area contributed by atoms with Gasteiger partial charge >= 0.3 is 0 Å². The predicted molar refractivity (Wildman–Crippen MR) is 129 cm³/mol. The molecule has 2 N–H and O–H groups in total. The van der Waals surface area contributed by atoms with E-state index in [1.807, 2.05) is 54.6 Å². The van der Waals surface area contributed by atoms with Gasteiger partial charge in [0.2, 0.25) is 5.91 Å². The lowest BCUT2D eigenvalue weighted by Gasteiger charge is -2.23. The molecular formula is C25H31N4O2S+. The quantitative estimate of drug-likeness (QED) is 0.387. The summed E-state index contributed by atoms with van der Waals surface area (Å²) in [5, 5.41) is 4.21. The molecule has 4 rings (SSSR count). The normalized spacial score (nSPS) is 14.5. The minimum atomic E-state index is -0.0643. The molecule has 1 saturated heterocycles. The highest BCUT2D eigenvalue weighted by Gasteiger charge is 2.16. The van der Waals surface area contributed by atoms with Crippen molar-refractivity contribution >= 4 is 28.6 Å². The molecule has 7 heteroatoms. The maximum Gasteiger partial charge on any atom is 0.262 e. The lowest BCUT2D eigenvalue weighted by atomic mass is 10.1. The molecule has 1 aromatic heterocycles. The van der Waals surface area contributed by atoms with Crippen LogP contribution < -0.4 is 15.8 Å². The van der Waals surface area contributed by atoms with Crippen LogP contribution in [-0.4, -0.2) is 40.8 Å². The molecule has 168 valence electrons. The van der Waals surface area contributed by atoms with Crippen LogP contribution in [0, 0.1) is 0 Å². The van der Waals surface area contributed by atoms with Crippen LogP contribution in [-0.2, 0) is 17.9 Å². The van der Waals surface area contributed by atoms with Crippen LogP contribution in [0.25, 0.3) is 10.9 Å². The number of rotatable bonds is 9. The number of hydrogen-bond donors (Lipinski definition) is 2. The number of para-hydroxylation sites is 1. The molecule has 1 aliphatic heterocycles. The van der Waals surface area contributed by atoms with E-state index in [4.69, 9.17) is 4.98 Å². The number of piperidine rings is 1. The average Bonchev–Trinajstić information content (AvgIpc) is 2.84. The van der Waals surface area contributed by atoms with Crippen molar-refractivity contribution in [3.05, 3.63) is 70.5 Å². The number of fused-ring (bicyclic) bond motifs is 1. The number of benzene rings is 2. The third kappa shape index (κ3) is 5.99. The average molecular weight is 452 g/mol. The van der Waals surface area contributed by atoms with Crippen LogP contribution in [0.15, 0.2) is 64.5 Å². The Kier molecular flexibility index (Phi) is 7.96. The van der Waals surface area contributed by atoms with Gasteiger partial charge in [-0.05, 0) is 37.0 Å². The molecule has 0 atom stereocenters. The van der Waals surface area contributed by atoms with E-state index in [0.717, 1.165) is 18.5 Å². The smallest absolute Gasteiger partial charge is 0.262 e. The lowest BCUT2D eigenvalue weighted by Crippen LogP contribution is -3.12. The third-order valence-electron chi connectivity index (χ3n) is 5.96. The Labute approximate surface area is 193 Å². The van der Waals surface area contributed by atoms with Crippen molar-refractivity contribution in [2.45, 2.75) is 43.9 Å². The van der Waals surface area contributed by atoms with E-state index in [9.17, 15) is 9.59 Å². The van der Waals surface area contributed by atoms with E-state index in [2.05, 4.69) is 5.32 Å². The summed E-state index contributed by atoms with van der Waals surface area (Å²) in [5.74, 6) is 0.167. The molecule has 0 spiro atoms. The van der Waals surface area contributed by atoms with Crippen molar-refractivity contribution in [3.63, 3.8) is 0 Å². The van der Waals surface area contributed by atoms with Gasteiger partial charge in [0.05, 0.1) is 36.3 Å². The van der Waals surface area contributed by atoms with Crippen LogP contribution >= 0.6 is 11.8 Å². The first-order chi connectivity index (χ1) is 15.7. The molecule has 0 saturated carbocycles. The molecule has 6 nitrogen and oxygen atoms in total. The number of amides is 1. The van der Waals surface area contributed by atoms with Gasteiger partial charge in [0, 0.05) is 19.5 Å². The van der Waals surface area contributed by atoms with Gasteiger partial charge in [-0.15, -0.1) is 0 Å². The molecular weight excluding hydrogens is 420 g/mol. The number of thioether (sulfide) groups is 1. The first-order valence-corrected chi connectivity index (χ1v) is 12.5. The number of nitrogens with one attached hydrogen (secondary N) is 2. The molecule has 0 bridgehead atoms. The number of carbonyl (C=O) groups is 1. The van der Waals surface area contributed by atoms with Gasteiger partial charge in [0.1, 0.15) is 0 Å². The molecule has 0 unspecified atom stereocenters. The zero-order chi connectivity index (χ0) is 22.2. The Morgan fingerprint density at radius 3 is 2.59 bits per heavy atom. The van der Waals surface area contributed by atoms with Crippen molar-refractivity contribution in [3.8, 4) is 0 Å². The van der Waals surface area contributed by atoms with E-state index >= 15 is 0 Å². The van der Waals surface area contributed by atoms with Crippen molar-refractivity contribution in [2.75, 3.05) is 25.4 Å². The number of quaternary nitrogens is 1. The maximum atomic E-state index is 13.2. The molecule has 1 amide bonds. The summed E-state index contributed by atoms with van der Waals surface area (Å²) in [4.78, 5) is 32.0. The topological polar surface area (TPSA) is 68.4 Å². The first-order valence-electron chi connectivity index (χ1n) is 11.5. The van der Waals surface area contributed by atoms with Gasteiger partial charge in [-0.1, -0.05) is 54.2 Å². The zero-order valence-corrected chi connectivity index (χ0v) is 19.2. The summed E-state index contributed by atoms with van der Waals surface area (Å²) in [6.07, 6.45) is 4.87. The van der Waals surface area contributed by atoms with Crippen LogP contribution in [0.4, 0.5) is 0 Å². The van der Waals surface area contributed by atoms with E-state index in [0.29, 0.717) is 29.1 Å². The molecule has 2 heterocycles. The summed E-state index contributed by atoms with van der Waals surface area (Å²) in [6, 6.07) is 17.3. The highest BCUT2D eigenvalue weighted by Crippen LogP contribution is 2.18. The van der Waals surface area contributed by atoms with Gasteiger partial charge in [0.25, 0.3) is 5.56 Å². The Balaban J connectivity index is 1.43. The van der Waals surface area contributed by atoms with Crippen LogP contribution in [0.5, 0.6) is 0 Å². The Bertz CT molecular complexity index is 1090.